The Labute approximate surface area is 138 Å². The molecule has 1 aromatic heterocycles. The molecular weight excluding hydrogens is 321 g/mol. The van der Waals surface area contributed by atoms with Gasteiger partial charge in [-0.1, -0.05) is 41.4 Å². The number of ether oxygens (including phenoxy) is 2. The van der Waals surface area contributed by atoms with Crippen molar-refractivity contribution in [3.05, 3.63) is 64.8 Å². The lowest BCUT2D eigenvalue weighted by molar-refractivity contribution is 0.218. The Bertz CT molecular complexity index is 787. The van der Waals surface area contributed by atoms with Gasteiger partial charge in [-0.25, -0.2) is 0 Å². The van der Waals surface area contributed by atoms with Gasteiger partial charge in [-0.3, -0.25) is 4.98 Å². The van der Waals surface area contributed by atoms with E-state index in [0.717, 1.165) is 16.7 Å². The highest BCUT2D eigenvalue weighted by Crippen LogP contribution is 2.27. The number of nitrogens with zero attached hydrogens (tertiary/aromatic N) is 1. The van der Waals surface area contributed by atoms with Crippen LogP contribution in [0.15, 0.2) is 54.7 Å². The van der Waals surface area contributed by atoms with Crippen LogP contribution in [0.2, 0.25) is 10.0 Å². The van der Waals surface area contributed by atoms with Crippen molar-refractivity contribution in [2.75, 3.05) is 13.2 Å². The Hall–Kier alpha value is -1.97. The maximum atomic E-state index is 6.04. The van der Waals surface area contributed by atoms with Crippen molar-refractivity contribution in [3.63, 3.8) is 0 Å². The number of pyridine rings is 1. The van der Waals surface area contributed by atoms with Gasteiger partial charge in [-0.05, 0) is 30.3 Å². The lowest BCUT2D eigenvalue weighted by Gasteiger charge is -2.11. The number of hydrogen-bond donors (Lipinski definition) is 0. The molecular formula is C17H13Cl2NO2. The number of benzene rings is 2. The summed E-state index contributed by atoms with van der Waals surface area (Å²) in [5.41, 5.74) is 0.842. The molecule has 0 aliphatic rings. The molecule has 0 atom stereocenters. The highest BCUT2D eigenvalue weighted by atomic mass is 35.5. The van der Waals surface area contributed by atoms with Crippen LogP contribution in [-0.4, -0.2) is 18.2 Å². The molecule has 0 radical (unpaired) electrons. The van der Waals surface area contributed by atoms with E-state index in [0.29, 0.717) is 29.0 Å². The van der Waals surface area contributed by atoms with Crippen LogP contribution in [0.4, 0.5) is 0 Å². The second-order valence-electron chi connectivity index (χ2n) is 4.60. The molecule has 1 heterocycles. The van der Waals surface area contributed by atoms with E-state index in [4.69, 9.17) is 32.7 Å². The molecule has 0 saturated carbocycles. The van der Waals surface area contributed by atoms with Crippen LogP contribution in [0.1, 0.15) is 0 Å². The molecule has 0 fully saturated rings. The summed E-state index contributed by atoms with van der Waals surface area (Å²) in [5.74, 6) is 1.33. The van der Waals surface area contributed by atoms with Crippen LogP contribution in [0, 0.1) is 0 Å². The van der Waals surface area contributed by atoms with Gasteiger partial charge in [-0.15, -0.1) is 0 Å². The van der Waals surface area contributed by atoms with Crippen LogP contribution in [0.5, 0.6) is 11.5 Å². The van der Waals surface area contributed by atoms with E-state index < -0.39 is 0 Å². The first-order valence-electron chi connectivity index (χ1n) is 6.78. The first-order valence-corrected chi connectivity index (χ1v) is 7.54. The minimum Gasteiger partial charge on any atom is -0.488 e. The number of halogens is 2. The summed E-state index contributed by atoms with van der Waals surface area (Å²) < 4.78 is 11.3. The third-order valence-corrected chi connectivity index (χ3v) is 3.62. The molecule has 3 rings (SSSR count). The summed E-state index contributed by atoms with van der Waals surface area (Å²) in [6.07, 6.45) is 1.75. The molecule has 3 nitrogen and oxygen atoms in total. The van der Waals surface area contributed by atoms with E-state index in [-0.39, 0.29) is 0 Å². The average molecular weight is 334 g/mol. The molecule has 0 spiro atoms. The van der Waals surface area contributed by atoms with Crippen molar-refractivity contribution in [2.45, 2.75) is 0 Å². The Balaban J connectivity index is 1.61. The van der Waals surface area contributed by atoms with Gasteiger partial charge in [0.25, 0.3) is 0 Å². The van der Waals surface area contributed by atoms with Gasteiger partial charge >= 0.3 is 0 Å². The smallest absolute Gasteiger partial charge is 0.145 e. The molecule has 0 N–H and O–H groups in total. The maximum absolute atomic E-state index is 6.04. The fourth-order valence-corrected chi connectivity index (χ4v) is 2.55. The minimum atomic E-state index is 0.380. The predicted octanol–water partition coefficient (Wildman–Crippen LogP) is 5.00. The largest absolute Gasteiger partial charge is 0.488 e. The number of hydrogen-bond acceptors (Lipinski definition) is 3. The normalized spacial score (nSPS) is 10.6. The molecule has 0 unspecified atom stereocenters. The molecule has 3 aromatic rings. The minimum absolute atomic E-state index is 0.380. The second-order valence-corrected chi connectivity index (χ2v) is 5.45. The van der Waals surface area contributed by atoms with Gasteiger partial charge in [-0.2, -0.15) is 0 Å². The summed E-state index contributed by atoms with van der Waals surface area (Å²) >= 11 is 11.9. The molecule has 0 amide bonds. The Kier molecular flexibility index (Phi) is 4.66. The van der Waals surface area contributed by atoms with E-state index >= 15 is 0 Å². The standard InChI is InChI=1S/C17H13Cl2NO2/c18-13-6-7-15(14(19)11-13)21-9-10-22-16-5-1-3-12-4-2-8-20-17(12)16/h1-8,11H,9-10H2. The summed E-state index contributed by atoms with van der Waals surface area (Å²) in [4.78, 5) is 4.34. The van der Waals surface area contributed by atoms with Gasteiger partial charge in [0.2, 0.25) is 0 Å². The van der Waals surface area contributed by atoms with E-state index in [1.807, 2.05) is 30.3 Å². The van der Waals surface area contributed by atoms with Crippen molar-refractivity contribution < 1.29 is 9.47 Å². The molecule has 0 saturated heterocycles. The third kappa shape index (κ3) is 3.43. The van der Waals surface area contributed by atoms with E-state index in [9.17, 15) is 0 Å². The molecule has 0 aliphatic carbocycles. The van der Waals surface area contributed by atoms with E-state index in [1.165, 1.54) is 0 Å². The van der Waals surface area contributed by atoms with Gasteiger partial charge in [0.05, 0.1) is 5.02 Å². The van der Waals surface area contributed by atoms with Crippen LogP contribution in [0.25, 0.3) is 10.9 Å². The summed E-state index contributed by atoms with van der Waals surface area (Å²) in [5, 5.41) is 2.11. The number of para-hydroxylation sites is 1. The van der Waals surface area contributed by atoms with Gasteiger partial charge in [0.15, 0.2) is 0 Å². The van der Waals surface area contributed by atoms with Crippen molar-refractivity contribution >= 4 is 34.1 Å². The van der Waals surface area contributed by atoms with Crippen molar-refractivity contribution in [1.29, 1.82) is 0 Å². The van der Waals surface area contributed by atoms with E-state index in [1.54, 1.807) is 24.4 Å². The van der Waals surface area contributed by atoms with Gasteiger partial charge in [0.1, 0.15) is 30.2 Å². The Morgan fingerprint density at radius 2 is 1.64 bits per heavy atom. The molecule has 22 heavy (non-hydrogen) atoms. The van der Waals surface area contributed by atoms with Crippen molar-refractivity contribution in [1.82, 2.24) is 4.98 Å². The maximum Gasteiger partial charge on any atom is 0.145 e. The molecule has 0 bridgehead atoms. The first kappa shape index (κ1) is 14.9. The second kappa shape index (κ2) is 6.86. The number of aromatic nitrogens is 1. The summed E-state index contributed by atoms with van der Waals surface area (Å²) in [7, 11) is 0. The zero-order valence-corrected chi connectivity index (χ0v) is 13.1. The van der Waals surface area contributed by atoms with Gasteiger partial charge in [0, 0.05) is 16.6 Å². The monoisotopic (exact) mass is 333 g/mol. The fraction of sp³-hybridized carbons (Fsp3) is 0.118. The zero-order chi connectivity index (χ0) is 15.4. The lowest BCUT2D eigenvalue weighted by Crippen LogP contribution is -2.09. The topological polar surface area (TPSA) is 31.4 Å². The highest BCUT2D eigenvalue weighted by Gasteiger charge is 2.04. The number of fused-ring (bicyclic) bond motifs is 1. The Morgan fingerprint density at radius 1 is 0.864 bits per heavy atom. The summed E-state index contributed by atoms with van der Waals surface area (Å²) in [6.45, 7) is 0.777. The quantitative estimate of drug-likeness (QED) is 0.615. The first-order chi connectivity index (χ1) is 10.7. The van der Waals surface area contributed by atoms with E-state index in [2.05, 4.69) is 4.98 Å². The zero-order valence-electron chi connectivity index (χ0n) is 11.6. The van der Waals surface area contributed by atoms with Crippen LogP contribution in [-0.2, 0) is 0 Å². The SMILES string of the molecule is Clc1ccc(OCCOc2cccc3cccnc23)c(Cl)c1. The fourth-order valence-electron chi connectivity index (χ4n) is 2.09. The number of rotatable bonds is 5. The molecule has 2 aromatic carbocycles. The van der Waals surface area contributed by atoms with Crippen LogP contribution < -0.4 is 9.47 Å². The summed E-state index contributed by atoms with van der Waals surface area (Å²) in [6, 6.07) is 14.9. The molecule has 0 aliphatic heterocycles. The van der Waals surface area contributed by atoms with Crippen molar-refractivity contribution in [3.8, 4) is 11.5 Å². The average Bonchev–Trinajstić information content (AvgIpc) is 2.53. The van der Waals surface area contributed by atoms with Crippen molar-refractivity contribution in [2.24, 2.45) is 0 Å². The molecule has 112 valence electrons. The van der Waals surface area contributed by atoms with Gasteiger partial charge < -0.3 is 9.47 Å². The Morgan fingerprint density at radius 3 is 2.45 bits per heavy atom. The predicted molar refractivity (Wildman–Crippen MR) is 89.2 cm³/mol. The highest BCUT2D eigenvalue weighted by molar-refractivity contribution is 6.35. The van der Waals surface area contributed by atoms with Crippen LogP contribution in [0.3, 0.4) is 0 Å². The molecule has 5 heteroatoms. The third-order valence-electron chi connectivity index (χ3n) is 3.09. The van der Waals surface area contributed by atoms with Crippen LogP contribution >= 0.6 is 23.2 Å². The lowest BCUT2D eigenvalue weighted by atomic mass is 10.2.